The lowest BCUT2D eigenvalue weighted by Gasteiger charge is -2.06. The van der Waals surface area contributed by atoms with Crippen LogP contribution in [0.4, 0.5) is 0 Å². The standard InChI is InChI=1S/C16H10ClN3O2/c17-12-7-5-9-6-8-13(19-14(9)18-12)20-15(21)10-3-1-2-4-11(10)16(20)22/h1-8,21-22H. The number of aromatic hydroxyl groups is 2. The predicted octanol–water partition coefficient (Wildman–Crippen LogP) is 3.64. The highest BCUT2D eigenvalue weighted by Crippen LogP contribution is 2.38. The number of fused-ring (bicyclic) bond motifs is 2. The van der Waals surface area contributed by atoms with Crippen LogP contribution in [0.2, 0.25) is 5.15 Å². The summed E-state index contributed by atoms with van der Waals surface area (Å²) in [4.78, 5) is 8.52. The molecule has 3 aromatic heterocycles. The van der Waals surface area contributed by atoms with Gasteiger partial charge in [-0.05, 0) is 36.4 Å². The van der Waals surface area contributed by atoms with Crippen molar-refractivity contribution >= 4 is 33.4 Å². The van der Waals surface area contributed by atoms with Crippen molar-refractivity contribution in [3.8, 4) is 17.6 Å². The lowest BCUT2D eigenvalue weighted by molar-refractivity contribution is 0.405. The highest BCUT2D eigenvalue weighted by atomic mass is 35.5. The Labute approximate surface area is 130 Å². The van der Waals surface area contributed by atoms with Crippen molar-refractivity contribution in [2.24, 2.45) is 0 Å². The molecule has 6 heteroatoms. The van der Waals surface area contributed by atoms with E-state index >= 15 is 0 Å². The maximum Gasteiger partial charge on any atom is 0.208 e. The van der Waals surface area contributed by atoms with Crippen LogP contribution >= 0.6 is 11.6 Å². The Morgan fingerprint density at radius 3 is 2.14 bits per heavy atom. The van der Waals surface area contributed by atoms with E-state index in [4.69, 9.17) is 11.6 Å². The van der Waals surface area contributed by atoms with E-state index in [9.17, 15) is 10.2 Å². The van der Waals surface area contributed by atoms with Gasteiger partial charge in [-0.25, -0.2) is 14.5 Å². The summed E-state index contributed by atoms with van der Waals surface area (Å²) < 4.78 is 1.28. The zero-order chi connectivity index (χ0) is 15.3. The van der Waals surface area contributed by atoms with E-state index in [0.29, 0.717) is 27.4 Å². The van der Waals surface area contributed by atoms with Crippen LogP contribution in [0.1, 0.15) is 0 Å². The second-order valence-electron chi connectivity index (χ2n) is 4.88. The fraction of sp³-hybridized carbons (Fsp3) is 0. The fourth-order valence-corrected chi connectivity index (χ4v) is 2.66. The van der Waals surface area contributed by atoms with Crippen molar-refractivity contribution < 1.29 is 10.2 Å². The topological polar surface area (TPSA) is 71.2 Å². The zero-order valence-electron chi connectivity index (χ0n) is 11.2. The number of rotatable bonds is 1. The number of aromatic nitrogens is 3. The SMILES string of the molecule is Oc1c2ccccc2c(O)n1-c1ccc2ccc(Cl)nc2n1. The number of halogens is 1. The van der Waals surface area contributed by atoms with E-state index in [1.165, 1.54) is 4.57 Å². The summed E-state index contributed by atoms with van der Waals surface area (Å²) >= 11 is 5.89. The predicted molar refractivity (Wildman–Crippen MR) is 84.7 cm³/mol. The third-order valence-electron chi connectivity index (χ3n) is 3.57. The van der Waals surface area contributed by atoms with Crippen LogP contribution in [0.3, 0.4) is 0 Å². The first-order chi connectivity index (χ1) is 10.6. The molecule has 0 radical (unpaired) electrons. The summed E-state index contributed by atoms with van der Waals surface area (Å²) in [6, 6.07) is 14.1. The molecule has 0 atom stereocenters. The fourth-order valence-electron chi connectivity index (χ4n) is 2.52. The smallest absolute Gasteiger partial charge is 0.208 e. The molecule has 0 saturated carbocycles. The van der Waals surface area contributed by atoms with E-state index in [1.54, 1.807) is 36.4 Å². The third kappa shape index (κ3) is 1.79. The van der Waals surface area contributed by atoms with Crippen LogP contribution < -0.4 is 0 Å². The molecule has 2 N–H and O–H groups in total. The molecule has 0 aliphatic rings. The minimum Gasteiger partial charge on any atom is -0.494 e. The molecular weight excluding hydrogens is 302 g/mol. The van der Waals surface area contributed by atoms with E-state index in [0.717, 1.165) is 5.39 Å². The molecule has 1 aromatic carbocycles. The van der Waals surface area contributed by atoms with Gasteiger partial charge in [0.25, 0.3) is 0 Å². The van der Waals surface area contributed by atoms with E-state index < -0.39 is 0 Å². The number of hydrogen-bond acceptors (Lipinski definition) is 4. The van der Waals surface area contributed by atoms with Gasteiger partial charge in [0.2, 0.25) is 11.8 Å². The molecule has 0 spiro atoms. The van der Waals surface area contributed by atoms with Gasteiger partial charge in [-0.2, -0.15) is 0 Å². The van der Waals surface area contributed by atoms with Crippen molar-refractivity contribution in [2.75, 3.05) is 0 Å². The maximum absolute atomic E-state index is 10.4. The van der Waals surface area contributed by atoms with Gasteiger partial charge in [0, 0.05) is 16.2 Å². The first kappa shape index (κ1) is 12.9. The minimum absolute atomic E-state index is 0.0676. The third-order valence-corrected chi connectivity index (χ3v) is 3.78. The molecule has 4 rings (SSSR count). The van der Waals surface area contributed by atoms with Gasteiger partial charge in [0.1, 0.15) is 11.0 Å². The number of hydrogen-bond donors (Lipinski definition) is 2. The van der Waals surface area contributed by atoms with Gasteiger partial charge in [0.05, 0.1) is 0 Å². The average molecular weight is 312 g/mol. The number of pyridine rings is 2. The van der Waals surface area contributed by atoms with Crippen molar-refractivity contribution in [3.05, 3.63) is 53.7 Å². The second kappa shape index (κ2) is 4.61. The summed E-state index contributed by atoms with van der Waals surface area (Å²) in [5.74, 6) is 0.234. The Kier molecular flexibility index (Phi) is 2.71. The number of nitrogens with zero attached hydrogens (tertiary/aromatic N) is 3. The highest BCUT2D eigenvalue weighted by molar-refractivity contribution is 6.29. The highest BCUT2D eigenvalue weighted by Gasteiger charge is 2.17. The van der Waals surface area contributed by atoms with Gasteiger partial charge in [0.15, 0.2) is 5.65 Å². The van der Waals surface area contributed by atoms with Gasteiger partial charge in [-0.15, -0.1) is 0 Å². The first-order valence-corrected chi connectivity index (χ1v) is 6.98. The van der Waals surface area contributed by atoms with Gasteiger partial charge >= 0.3 is 0 Å². The molecule has 0 bridgehead atoms. The summed E-state index contributed by atoms with van der Waals surface area (Å²) in [5.41, 5.74) is 0.446. The van der Waals surface area contributed by atoms with Gasteiger partial charge in [-0.3, -0.25) is 0 Å². The van der Waals surface area contributed by atoms with E-state index in [1.807, 2.05) is 12.1 Å². The Morgan fingerprint density at radius 2 is 1.45 bits per heavy atom. The molecule has 108 valence electrons. The molecule has 0 saturated heterocycles. The normalized spacial score (nSPS) is 11.3. The first-order valence-electron chi connectivity index (χ1n) is 6.60. The van der Waals surface area contributed by atoms with E-state index in [2.05, 4.69) is 9.97 Å². The second-order valence-corrected chi connectivity index (χ2v) is 5.27. The Balaban J connectivity index is 2.02. The molecule has 3 heterocycles. The molecule has 0 aliphatic heterocycles. The van der Waals surface area contributed by atoms with Crippen LogP contribution in [0, 0.1) is 0 Å². The summed E-state index contributed by atoms with van der Waals surface area (Å²) in [7, 11) is 0. The van der Waals surface area contributed by atoms with E-state index in [-0.39, 0.29) is 11.8 Å². The largest absolute Gasteiger partial charge is 0.494 e. The minimum atomic E-state index is -0.0676. The molecule has 0 amide bonds. The molecule has 0 fully saturated rings. The van der Waals surface area contributed by atoms with Crippen LogP contribution in [-0.4, -0.2) is 24.7 Å². The monoisotopic (exact) mass is 311 g/mol. The van der Waals surface area contributed by atoms with Crippen molar-refractivity contribution in [3.63, 3.8) is 0 Å². The molecular formula is C16H10ClN3O2. The number of benzene rings is 1. The summed E-state index contributed by atoms with van der Waals surface area (Å²) in [6.45, 7) is 0. The maximum atomic E-state index is 10.4. The van der Waals surface area contributed by atoms with Crippen LogP contribution in [0.15, 0.2) is 48.5 Å². The summed E-state index contributed by atoms with van der Waals surface area (Å²) in [5, 5.41) is 23.0. The van der Waals surface area contributed by atoms with Crippen LogP contribution in [0.25, 0.3) is 27.6 Å². The van der Waals surface area contributed by atoms with Crippen molar-refractivity contribution in [1.29, 1.82) is 0 Å². The molecule has 4 aromatic rings. The molecule has 22 heavy (non-hydrogen) atoms. The lowest BCUT2D eigenvalue weighted by Crippen LogP contribution is -1.97. The zero-order valence-corrected chi connectivity index (χ0v) is 12.0. The summed E-state index contributed by atoms with van der Waals surface area (Å²) in [6.07, 6.45) is 0. The van der Waals surface area contributed by atoms with Crippen molar-refractivity contribution in [2.45, 2.75) is 0 Å². The average Bonchev–Trinajstić information content (AvgIpc) is 2.79. The van der Waals surface area contributed by atoms with Gasteiger partial charge in [-0.1, -0.05) is 23.7 Å². The molecule has 0 aliphatic carbocycles. The quantitative estimate of drug-likeness (QED) is 0.526. The van der Waals surface area contributed by atoms with Crippen molar-refractivity contribution in [1.82, 2.24) is 14.5 Å². The molecule has 5 nitrogen and oxygen atoms in total. The Bertz CT molecular complexity index is 988. The Morgan fingerprint density at radius 1 is 0.818 bits per heavy atom. The molecule has 0 unspecified atom stereocenters. The Hall–Kier alpha value is -2.79. The lowest BCUT2D eigenvalue weighted by atomic mass is 10.2. The van der Waals surface area contributed by atoms with Crippen LogP contribution in [-0.2, 0) is 0 Å². The van der Waals surface area contributed by atoms with Gasteiger partial charge < -0.3 is 10.2 Å². The van der Waals surface area contributed by atoms with Crippen LogP contribution in [0.5, 0.6) is 11.8 Å².